The van der Waals surface area contributed by atoms with Gasteiger partial charge in [-0.2, -0.15) is 0 Å². The molecule has 0 aromatic heterocycles. The van der Waals surface area contributed by atoms with Crippen LogP contribution < -0.4 is 15.1 Å². The van der Waals surface area contributed by atoms with Crippen LogP contribution in [0.1, 0.15) is 12.8 Å². The van der Waals surface area contributed by atoms with Gasteiger partial charge in [0.05, 0.1) is 32.3 Å². The lowest BCUT2D eigenvalue weighted by Gasteiger charge is -2.33. The van der Waals surface area contributed by atoms with E-state index in [0.717, 1.165) is 50.7 Å². The first-order valence-electron chi connectivity index (χ1n) is 8.43. The quantitative estimate of drug-likeness (QED) is 0.814. The Morgan fingerprint density at radius 1 is 1.39 bits per heavy atom. The number of rotatable bonds is 5. The Kier molecular flexibility index (Phi) is 5.75. The first-order chi connectivity index (χ1) is 11.2. The van der Waals surface area contributed by atoms with Gasteiger partial charge in [-0.25, -0.2) is 0 Å². The van der Waals surface area contributed by atoms with Gasteiger partial charge in [0, 0.05) is 23.9 Å². The summed E-state index contributed by atoms with van der Waals surface area (Å²) in [5.41, 5.74) is 1.17. The Morgan fingerprint density at radius 3 is 2.91 bits per heavy atom. The molecule has 2 heterocycles. The molecule has 126 valence electrons. The Labute approximate surface area is 142 Å². The minimum atomic E-state index is 0.131. The van der Waals surface area contributed by atoms with E-state index in [0.29, 0.717) is 13.1 Å². The van der Waals surface area contributed by atoms with Crippen LogP contribution >= 0.6 is 11.6 Å². The second-order valence-electron chi connectivity index (χ2n) is 6.33. The number of nitrogens with zero attached hydrogens (tertiary/aromatic N) is 1. The van der Waals surface area contributed by atoms with Crippen LogP contribution in [-0.4, -0.2) is 57.9 Å². The summed E-state index contributed by atoms with van der Waals surface area (Å²) in [5, 5.41) is 3.78. The summed E-state index contributed by atoms with van der Waals surface area (Å²) in [6.07, 6.45) is 2.39. The highest BCUT2D eigenvalue weighted by atomic mass is 35.5. The maximum atomic E-state index is 12.0. The topological polar surface area (TPSA) is 46.0 Å². The molecule has 1 aromatic carbocycles. The number of anilines is 1. The molecular formula is C17H25ClN3O2+. The predicted molar refractivity (Wildman–Crippen MR) is 91.2 cm³/mol. The first-order valence-corrected chi connectivity index (χ1v) is 8.81. The molecule has 6 heteroatoms. The number of carbonyl (C=O) groups is 1. The molecule has 1 amide bonds. The molecule has 0 saturated carbocycles. The molecule has 3 rings (SSSR count). The zero-order chi connectivity index (χ0) is 16.1. The van der Waals surface area contributed by atoms with E-state index >= 15 is 0 Å². The van der Waals surface area contributed by atoms with Crippen molar-refractivity contribution in [2.75, 3.05) is 50.8 Å². The van der Waals surface area contributed by atoms with Gasteiger partial charge in [0.15, 0.2) is 6.54 Å². The Bertz CT molecular complexity index is 526. The molecule has 5 nitrogen and oxygen atoms in total. The largest absolute Gasteiger partial charge is 0.376 e. The van der Waals surface area contributed by atoms with Gasteiger partial charge in [-0.3, -0.25) is 4.79 Å². The predicted octanol–water partition coefficient (Wildman–Crippen LogP) is 0.340. The Balaban J connectivity index is 1.39. The molecule has 2 saturated heterocycles. The lowest BCUT2D eigenvalue weighted by Crippen LogP contribution is -3.16. The van der Waals surface area contributed by atoms with Crippen molar-refractivity contribution in [2.24, 2.45) is 0 Å². The molecule has 0 aliphatic carbocycles. The zero-order valence-corrected chi connectivity index (χ0v) is 14.1. The number of halogens is 1. The van der Waals surface area contributed by atoms with Gasteiger partial charge in [0.2, 0.25) is 0 Å². The standard InChI is InChI=1S/C17H24ClN3O2/c18-14-3-1-4-15(11-14)21-8-6-20(7-9-21)13-17(22)19-12-16-5-2-10-23-16/h1,3-4,11,16H,2,5-10,12-13H2,(H,19,22)/p+1/t16-/m1/s1. The lowest BCUT2D eigenvalue weighted by atomic mass is 10.2. The summed E-state index contributed by atoms with van der Waals surface area (Å²) in [6.45, 7) is 5.89. The van der Waals surface area contributed by atoms with E-state index in [9.17, 15) is 4.79 Å². The van der Waals surface area contributed by atoms with E-state index < -0.39 is 0 Å². The van der Waals surface area contributed by atoms with Crippen molar-refractivity contribution in [1.82, 2.24) is 5.32 Å². The smallest absolute Gasteiger partial charge is 0.275 e. The van der Waals surface area contributed by atoms with E-state index in [1.165, 1.54) is 10.6 Å². The maximum Gasteiger partial charge on any atom is 0.275 e. The van der Waals surface area contributed by atoms with Crippen LogP contribution in [0, 0.1) is 0 Å². The lowest BCUT2D eigenvalue weighted by molar-refractivity contribution is -0.892. The molecule has 0 radical (unpaired) electrons. The summed E-state index contributed by atoms with van der Waals surface area (Å²) in [7, 11) is 0. The number of hydrogen-bond acceptors (Lipinski definition) is 3. The molecular weight excluding hydrogens is 314 g/mol. The number of carbonyl (C=O) groups excluding carboxylic acids is 1. The van der Waals surface area contributed by atoms with Crippen molar-refractivity contribution >= 4 is 23.2 Å². The van der Waals surface area contributed by atoms with Crippen LogP contribution in [0.25, 0.3) is 0 Å². The van der Waals surface area contributed by atoms with Gasteiger partial charge in [0.1, 0.15) is 0 Å². The summed E-state index contributed by atoms with van der Waals surface area (Å²) in [6, 6.07) is 7.96. The average Bonchev–Trinajstić information content (AvgIpc) is 3.07. The van der Waals surface area contributed by atoms with E-state index in [1.54, 1.807) is 0 Å². The maximum absolute atomic E-state index is 12.0. The number of benzene rings is 1. The second-order valence-corrected chi connectivity index (χ2v) is 6.77. The number of quaternary nitrogens is 1. The van der Waals surface area contributed by atoms with Gasteiger partial charge in [-0.05, 0) is 31.0 Å². The molecule has 0 bridgehead atoms. The molecule has 2 N–H and O–H groups in total. The van der Waals surface area contributed by atoms with Crippen LogP contribution in [0.2, 0.25) is 5.02 Å². The van der Waals surface area contributed by atoms with Crippen LogP contribution in [0.5, 0.6) is 0 Å². The third-order valence-corrected chi connectivity index (χ3v) is 4.84. The van der Waals surface area contributed by atoms with E-state index in [4.69, 9.17) is 16.3 Å². The van der Waals surface area contributed by atoms with Crippen LogP contribution in [0.4, 0.5) is 5.69 Å². The van der Waals surface area contributed by atoms with E-state index in [-0.39, 0.29) is 12.0 Å². The van der Waals surface area contributed by atoms with Crippen LogP contribution in [-0.2, 0) is 9.53 Å². The number of hydrogen-bond donors (Lipinski definition) is 2. The zero-order valence-electron chi connectivity index (χ0n) is 13.4. The Hall–Kier alpha value is -1.30. The fourth-order valence-electron chi connectivity index (χ4n) is 3.25. The number of amides is 1. The average molecular weight is 339 g/mol. The van der Waals surface area contributed by atoms with Gasteiger partial charge in [-0.15, -0.1) is 0 Å². The minimum Gasteiger partial charge on any atom is -0.376 e. The molecule has 2 fully saturated rings. The minimum absolute atomic E-state index is 0.131. The molecule has 0 unspecified atom stereocenters. The van der Waals surface area contributed by atoms with E-state index in [2.05, 4.69) is 16.3 Å². The highest BCUT2D eigenvalue weighted by Crippen LogP contribution is 2.19. The van der Waals surface area contributed by atoms with Crippen LogP contribution in [0.15, 0.2) is 24.3 Å². The van der Waals surface area contributed by atoms with Gasteiger partial charge in [0.25, 0.3) is 5.91 Å². The van der Waals surface area contributed by atoms with Crippen molar-refractivity contribution < 1.29 is 14.4 Å². The SMILES string of the molecule is O=C(C[NH+]1CCN(c2cccc(Cl)c2)CC1)NC[C@H]1CCCO1. The van der Waals surface area contributed by atoms with Crippen LogP contribution in [0.3, 0.4) is 0 Å². The molecule has 2 aliphatic heterocycles. The summed E-state index contributed by atoms with van der Waals surface area (Å²) in [5.74, 6) is 0.131. The number of nitrogens with one attached hydrogen (secondary N) is 2. The summed E-state index contributed by atoms with van der Waals surface area (Å²) in [4.78, 5) is 15.7. The van der Waals surface area contributed by atoms with Gasteiger partial charge in [-0.1, -0.05) is 17.7 Å². The van der Waals surface area contributed by atoms with Gasteiger partial charge < -0.3 is 19.9 Å². The highest BCUT2D eigenvalue weighted by molar-refractivity contribution is 6.30. The van der Waals surface area contributed by atoms with Crippen molar-refractivity contribution in [3.05, 3.63) is 29.3 Å². The number of ether oxygens (including phenoxy) is 1. The van der Waals surface area contributed by atoms with Crippen molar-refractivity contribution in [3.63, 3.8) is 0 Å². The molecule has 1 aromatic rings. The van der Waals surface area contributed by atoms with Crippen molar-refractivity contribution in [3.8, 4) is 0 Å². The number of piperazine rings is 1. The summed E-state index contributed by atoms with van der Waals surface area (Å²) < 4.78 is 5.53. The normalized spacial score (nSPS) is 22.3. The van der Waals surface area contributed by atoms with Crippen molar-refractivity contribution in [1.29, 1.82) is 0 Å². The van der Waals surface area contributed by atoms with E-state index in [1.807, 2.05) is 18.2 Å². The summed E-state index contributed by atoms with van der Waals surface area (Å²) >= 11 is 6.06. The molecule has 1 atom stereocenters. The monoisotopic (exact) mass is 338 g/mol. The third kappa shape index (κ3) is 4.83. The molecule has 23 heavy (non-hydrogen) atoms. The fourth-order valence-corrected chi connectivity index (χ4v) is 3.44. The first kappa shape index (κ1) is 16.6. The fraction of sp³-hybridized carbons (Fsp3) is 0.588. The highest BCUT2D eigenvalue weighted by Gasteiger charge is 2.23. The molecule has 0 spiro atoms. The third-order valence-electron chi connectivity index (χ3n) is 4.61. The van der Waals surface area contributed by atoms with Gasteiger partial charge >= 0.3 is 0 Å². The second kappa shape index (κ2) is 7.99. The molecule has 2 aliphatic rings. The Morgan fingerprint density at radius 2 is 2.22 bits per heavy atom. The van der Waals surface area contributed by atoms with Crippen molar-refractivity contribution in [2.45, 2.75) is 18.9 Å².